The van der Waals surface area contributed by atoms with Crippen molar-refractivity contribution in [3.8, 4) is 0 Å². The van der Waals surface area contributed by atoms with Gasteiger partial charge in [0.1, 0.15) is 0 Å². The fraction of sp³-hybridized carbons (Fsp3) is 1.00. The van der Waals surface area contributed by atoms with Crippen LogP contribution >= 0.6 is 0 Å². The largest absolute Gasteiger partial charge is 0.394 e. The van der Waals surface area contributed by atoms with Gasteiger partial charge in [0.25, 0.3) is 0 Å². The van der Waals surface area contributed by atoms with Crippen LogP contribution in [0.2, 0.25) is 0 Å². The number of nitrogens with one attached hydrogen (secondary N) is 1. The van der Waals surface area contributed by atoms with Crippen LogP contribution in [0.1, 0.15) is 0 Å². The average molecular weight is 182 g/mol. The van der Waals surface area contributed by atoms with Crippen LogP contribution in [-0.2, 0) is 0 Å². The first kappa shape index (κ1) is 9.80. The summed E-state index contributed by atoms with van der Waals surface area (Å²) < 4.78 is 36.7. The molecule has 1 unspecified atom stereocenters. The third-order valence-electron chi connectivity index (χ3n) is 2.06. The molecule has 1 aliphatic heterocycles. The fourth-order valence-corrected chi connectivity index (χ4v) is 1.30. The zero-order valence-corrected chi connectivity index (χ0v) is 6.99. The molecule has 12 heavy (non-hydrogen) atoms. The van der Waals surface area contributed by atoms with Gasteiger partial charge in [0.05, 0.1) is 5.92 Å². The highest BCUT2D eigenvalue weighted by Crippen LogP contribution is 2.26. The van der Waals surface area contributed by atoms with E-state index in [1.54, 1.807) is 11.9 Å². The first-order valence-electron chi connectivity index (χ1n) is 3.96. The van der Waals surface area contributed by atoms with Crippen molar-refractivity contribution in [2.24, 2.45) is 5.92 Å². The van der Waals surface area contributed by atoms with E-state index in [1.807, 2.05) is 0 Å². The lowest BCUT2D eigenvalue weighted by atomic mass is 10.1. The van der Waals surface area contributed by atoms with Crippen LogP contribution in [0.25, 0.3) is 0 Å². The summed E-state index contributed by atoms with van der Waals surface area (Å²) in [5.74, 6) is -1.22. The molecule has 0 saturated carbocycles. The van der Waals surface area contributed by atoms with Crippen LogP contribution in [0, 0.1) is 5.92 Å². The topological polar surface area (TPSA) is 15.3 Å². The average Bonchev–Trinajstić information content (AvgIpc) is 2.11. The number of likely N-dealkylation sites (N-methyl/N-ethyl adjacent to an activating group) is 1. The maximum absolute atomic E-state index is 12.2. The monoisotopic (exact) mass is 182 g/mol. The molecular formula is C7H13F3N2. The molecule has 1 atom stereocenters. The smallest absolute Gasteiger partial charge is 0.315 e. The lowest BCUT2D eigenvalue weighted by molar-refractivity contribution is -0.175. The molecule has 1 saturated heterocycles. The lowest BCUT2D eigenvalue weighted by Crippen LogP contribution is -2.36. The Labute approximate surface area is 69.7 Å². The van der Waals surface area contributed by atoms with Gasteiger partial charge >= 0.3 is 6.18 Å². The van der Waals surface area contributed by atoms with Crippen LogP contribution in [-0.4, -0.2) is 44.3 Å². The maximum Gasteiger partial charge on any atom is 0.394 e. The Morgan fingerprint density at radius 1 is 1.42 bits per heavy atom. The van der Waals surface area contributed by atoms with Gasteiger partial charge in [0.2, 0.25) is 0 Å². The summed E-state index contributed by atoms with van der Waals surface area (Å²) in [6.07, 6.45) is -4.06. The van der Waals surface area contributed by atoms with Crippen molar-refractivity contribution in [3.05, 3.63) is 0 Å². The van der Waals surface area contributed by atoms with Gasteiger partial charge in [-0.2, -0.15) is 13.2 Å². The fourth-order valence-electron chi connectivity index (χ4n) is 1.30. The van der Waals surface area contributed by atoms with Crippen molar-refractivity contribution >= 4 is 0 Å². The van der Waals surface area contributed by atoms with Crippen molar-refractivity contribution in [1.82, 2.24) is 10.2 Å². The van der Waals surface area contributed by atoms with Crippen molar-refractivity contribution in [1.29, 1.82) is 0 Å². The Kier molecular flexibility index (Phi) is 2.95. The summed E-state index contributed by atoms with van der Waals surface area (Å²) in [5.41, 5.74) is 0. The van der Waals surface area contributed by atoms with Crippen LogP contribution in [0.15, 0.2) is 0 Å². The summed E-state index contributed by atoms with van der Waals surface area (Å²) in [4.78, 5) is 1.71. The normalized spacial score (nSPS) is 28.5. The Balaban J connectivity index is 2.52. The lowest BCUT2D eigenvalue weighted by Gasteiger charge is -2.21. The third-order valence-corrected chi connectivity index (χ3v) is 2.06. The van der Waals surface area contributed by atoms with Gasteiger partial charge in [-0.25, -0.2) is 0 Å². The molecule has 2 nitrogen and oxygen atoms in total. The molecule has 0 spiro atoms. The number of hydrogen-bond donors (Lipinski definition) is 1. The molecule has 0 aromatic carbocycles. The Morgan fingerprint density at radius 3 is 2.67 bits per heavy atom. The van der Waals surface area contributed by atoms with E-state index in [9.17, 15) is 13.2 Å². The van der Waals surface area contributed by atoms with Crippen LogP contribution in [0.5, 0.6) is 0 Å². The molecule has 1 heterocycles. The van der Waals surface area contributed by atoms with E-state index in [4.69, 9.17) is 0 Å². The molecular weight excluding hydrogens is 169 g/mol. The maximum atomic E-state index is 12.2. The van der Waals surface area contributed by atoms with Crippen LogP contribution in [0.3, 0.4) is 0 Å². The zero-order chi connectivity index (χ0) is 9.19. The Bertz CT molecular complexity index is 146. The molecule has 0 amide bonds. The number of nitrogens with zero attached hydrogens (tertiary/aromatic N) is 1. The van der Waals surface area contributed by atoms with Gasteiger partial charge in [-0.05, 0) is 7.05 Å². The number of alkyl halides is 3. The van der Waals surface area contributed by atoms with E-state index in [0.717, 1.165) is 0 Å². The van der Waals surface area contributed by atoms with Crippen LogP contribution < -0.4 is 5.32 Å². The minimum atomic E-state index is -4.06. The predicted octanol–water partition coefficient (Wildman–Crippen LogP) is 0.700. The highest BCUT2D eigenvalue weighted by Gasteiger charge is 2.40. The SMILES string of the molecule is CN1CCNCC(C(F)(F)F)C1. The number of rotatable bonds is 0. The summed E-state index contributed by atoms with van der Waals surface area (Å²) >= 11 is 0. The Hall–Kier alpha value is -0.290. The van der Waals surface area contributed by atoms with Crippen molar-refractivity contribution in [3.63, 3.8) is 0 Å². The first-order valence-corrected chi connectivity index (χ1v) is 3.96. The summed E-state index contributed by atoms with van der Waals surface area (Å²) in [6, 6.07) is 0. The quantitative estimate of drug-likeness (QED) is 0.593. The van der Waals surface area contributed by atoms with Gasteiger partial charge in [-0.1, -0.05) is 0 Å². The molecule has 1 N–H and O–H groups in total. The highest BCUT2D eigenvalue weighted by molar-refractivity contribution is 4.76. The van der Waals surface area contributed by atoms with Gasteiger partial charge in [0.15, 0.2) is 0 Å². The van der Waals surface area contributed by atoms with E-state index in [1.165, 1.54) is 0 Å². The van der Waals surface area contributed by atoms with Crippen LogP contribution in [0.4, 0.5) is 13.2 Å². The number of halogens is 3. The molecule has 1 aliphatic rings. The molecule has 5 heteroatoms. The molecule has 1 rings (SSSR count). The van der Waals surface area contributed by atoms with Crippen molar-refractivity contribution in [2.75, 3.05) is 33.2 Å². The van der Waals surface area contributed by atoms with Crippen molar-refractivity contribution < 1.29 is 13.2 Å². The second-order valence-corrected chi connectivity index (χ2v) is 3.20. The van der Waals surface area contributed by atoms with E-state index in [0.29, 0.717) is 13.1 Å². The van der Waals surface area contributed by atoms with E-state index < -0.39 is 12.1 Å². The van der Waals surface area contributed by atoms with E-state index >= 15 is 0 Å². The first-order chi connectivity index (χ1) is 5.50. The zero-order valence-electron chi connectivity index (χ0n) is 6.99. The standard InChI is InChI=1S/C7H13F3N2/c1-12-3-2-11-4-6(5-12)7(8,9)10/h6,11H,2-5H2,1H3. The molecule has 0 aromatic heterocycles. The third kappa shape index (κ3) is 2.64. The van der Waals surface area contributed by atoms with E-state index in [-0.39, 0.29) is 13.1 Å². The highest BCUT2D eigenvalue weighted by atomic mass is 19.4. The molecule has 0 radical (unpaired) electrons. The molecule has 0 aromatic rings. The van der Waals surface area contributed by atoms with Crippen molar-refractivity contribution in [2.45, 2.75) is 6.18 Å². The summed E-state index contributed by atoms with van der Waals surface area (Å²) in [7, 11) is 1.71. The van der Waals surface area contributed by atoms with Gasteiger partial charge in [-0.15, -0.1) is 0 Å². The predicted molar refractivity (Wildman–Crippen MR) is 39.9 cm³/mol. The van der Waals surface area contributed by atoms with E-state index in [2.05, 4.69) is 5.32 Å². The molecule has 1 fully saturated rings. The molecule has 0 aliphatic carbocycles. The summed E-state index contributed by atoms with van der Waals surface area (Å²) in [5, 5.41) is 2.77. The molecule has 0 bridgehead atoms. The number of hydrogen-bond acceptors (Lipinski definition) is 2. The molecule has 72 valence electrons. The van der Waals surface area contributed by atoms with Gasteiger partial charge in [-0.3, -0.25) is 0 Å². The second-order valence-electron chi connectivity index (χ2n) is 3.20. The van der Waals surface area contributed by atoms with Gasteiger partial charge in [0, 0.05) is 26.2 Å². The minimum Gasteiger partial charge on any atom is -0.315 e. The summed E-state index contributed by atoms with van der Waals surface area (Å²) in [6.45, 7) is 1.49. The van der Waals surface area contributed by atoms with Gasteiger partial charge < -0.3 is 10.2 Å². The second kappa shape index (κ2) is 3.62. The Morgan fingerprint density at radius 2 is 2.08 bits per heavy atom. The minimum absolute atomic E-state index is 0.0494.